The molecule has 1 fully saturated rings. The molecule has 1 saturated heterocycles. The van der Waals surface area contributed by atoms with Crippen molar-refractivity contribution in [1.82, 2.24) is 10.2 Å². The van der Waals surface area contributed by atoms with Gasteiger partial charge in [0.15, 0.2) is 0 Å². The monoisotopic (exact) mass is 386 g/mol. The van der Waals surface area contributed by atoms with Crippen LogP contribution in [0.15, 0.2) is 65.0 Å². The average Bonchev–Trinajstić information content (AvgIpc) is 3.22. The summed E-state index contributed by atoms with van der Waals surface area (Å²) in [6, 6.07) is 14.1. The van der Waals surface area contributed by atoms with Crippen LogP contribution in [0.4, 0.5) is 0 Å². The molecule has 0 saturated carbocycles. The van der Waals surface area contributed by atoms with E-state index in [0.29, 0.717) is 22.2 Å². The van der Waals surface area contributed by atoms with Gasteiger partial charge in [-0.2, -0.15) is 0 Å². The molecule has 1 aliphatic heterocycles. The number of thioether (sulfide) groups is 1. The minimum absolute atomic E-state index is 0.0146. The molecule has 0 radical (unpaired) electrons. The van der Waals surface area contributed by atoms with E-state index >= 15 is 0 Å². The molecule has 128 valence electrons. The van der Waals surface area contributed by atoms with E-state index in [4.69, 9.17) is 12.2 Å². The Morgan fingerprint density at radius 2 is 2.04 bits per heavy atom. The Bertz CT molecular complexity index is 797. The lowest BCUT2D eigenvalue weighted by Crippen LogP contribution is -2.30. The summed E-state index contributed by atoms with van der Waals surface area (Å²) in [6.07, 6.45) is 2.58. The number of benzene rings is 1. The molecule has 2 heterocycles. The van der Waals surface area contributed by atoms with Crippen LogP contribution in [0.25, 0.3) is 6.08 Å². The molecule has 2 aromatic rings. The third-order valence-electron chi connectivity index (χ3n) is 3.71. The third kappa shape index (κ3) is 4.81. The maximum absolute atomic E-state index is 12.5. The van der Waals surface area contributed by atoms with E-state index in [9.17, 15) is 4.79 Å². The number of hydrogen-bond donors (Lipinski definition) is 1. The first-order valence-corrected chi connectivity index (χ1v) is 9.98. The number of thiophene rings is 1. The van der Waals surface area contributed by atoms with Crippen LogP contribution in [-0.2, 0) is 11.3 Å². The van der Waals surface area contributed by atoms with E-state index in [1.807, 2.05) is 41.8 Å². The number of carbonyl (C=O) groups is 1. The van der Waals surface area contributed by atoms with E-state index in [1.54, 1.807) is 16.2 Å². The molecule has 0 unspecified atom stereocenters. The quantitative estimate of drug-likeness (QED) is 0.555. The Kier molecular flexibility index (Phi) is 6.07. The molecule has 0 bridgehead atoms. The van der Waals surface area contributed by atoms with E-state index in [0.717, 1.165) is 17.1 Å². The van der Waals surface area contributed by atoms with Crippen molar-refractivity contribution < 1.29 is 4.79 Å². The summed E-state index contributed by atoms with van der Waals surface area (Å²) < 4.78 is 0.615. The predicted octanol–water partition coefficient (Wildman–Crippen LogP) is 4.64. The fraction of sp³-hybridized carbons (Fsp3) is 0.158. The number of amides is 1. The van der Waals surface area contributed by atoms with Crippen LogP contribution in [-0.4, -0.2) is 21.7 Å². The molecule has 6 heteroatoms. The van der Waals surface area contributed by atoms with E-state index < -0.39 is 0 Å². The minimum atomic E-state index is -0.0146. The fourth-order valence-electron chi connectivity index (χ4n) is 2.35. The minimum Gasteiger partial charge on any atom is -0.385 e. The van der Waals surface area contributed by atoms with Gasteiger partial charge < -0.3 is 5.32 Å². The maximum atomic E-state index is 12.5. The highest BCUT2D eigenvalue weighted by atomic mass is 32.2. The zero-order valence-electron chi connectivity index (χ0n) is 13.6. The number of thiocarbonyl (C=S) groups is 1. The summed E-state index contributed by atoms with van der Waals surface area (Å²) in [4.78, 5) is 16.0. The van der Waals surface area contributed by atoms with Crippen molar-refractivity contribution in [1.29, 1.82) is 0 Å². The van der Waals surface area contributed by atoms with Crippen molar-refractivity contribution in [2.45, 2.75) is 13.0 Å². The van der Waals surface area contributed by atoms with E-state index in [1.165, 1.54) is 17.3 Å². The smallest absolute Gasteiger partial charge is 0.266 e. The van der Waals surface area contributed by atoms with Gasteiger partial charge in [-0.15, -0.1) is 11.3 Å². The predicted molar refractivity (Wildman–Crippen MR) is 111 cm³/mol. The average molecular weight is 387 g/mol. The van der Waals surface area contributed by atoms with Crippen LogP contribution in [0.2, 0.25) is 0 Å². The lowest BCUT2D eigenvalue weighted by molar-refractivity contribution is -0.122. The Labute approximate surface area is 161 Å². The number of hydrogen-bond acceptors (Lipinski definition) is 5. The van der Waals surface area contributed by atoms with Crippen LogP contribution in [0.5, 0.6) is 0 Å². The number of nitrogens with one attached hydrogen (secondary N) is 1. The Morgan fingerprint density at radius 1 is 1.24 bits per heavy atom. The zero-order valence-corrected chi connectivity index (χ0v) is 16.1. The highest BCUT2D eigenvalue weighted by Gasteiger charge is 2.31. The van der Waals surface area contributed by atoms with Crippen LogP contribution in [0.1, 0.15) is 16.9 Å². The van der Waals surface area contributed by atoms with E-state index in [-0.39, 0.29) is 5.91 Å². The molecule has 0 spiro atoms. The normalized spacial score (nSPS) is 15.8. The third-order valence-corrected chi connectivity index (χ3v) is 5.91. The lowest BCUT2D eigenvalue weighted by Gasteiger charge is -2.16. The molecule has 1 N–H and O–H groups in total. The van der Waals surface area contributed by atoms with Gasteiger partial charge in [-0.05, 0) is 23.1 Å². The van der Waals surface area contributed by atoms with Crippen molar-refractivity contribution >= 4 is 51.6 Å². The van der Waals surface area contributed by atoms with Gasteiger partial charge in [-0.3, -0.25) is 9.69 Å². The van der Waals surface area contributed by atoms with Crippen molar-refractivity contribution in [3.05, 3.63) is 75.5 Å². The van der Waals surface area contributed by atoms with Crippen LogP contribution < -0.4 is 5.32 Å². The van der Waals surface area contributed by atoms with E-state index in [2.05, 4.69) is 24.0 Å². The lowest BCUT2D eigenvalue weighted by atomic mass is 10.2. The van der Waals surface area contributed by atoms with Gasteiger partial charge in [0, 0.05) is 30.1 Å². The summed E-state index contributed by atoms with van der Waals surface area (Å²) in [6.45, 7) is 5.33. The molecule has 1 amide bonds. The number of nitrogens with zero attached hydrogens (tertiary/aromatic N) is 1. The molecule has 1 aliphatic rings. The van der Waals surface area contributed by atoms with Gasteiger partial charge in [0.25, 0.3) is 5.91 Å². The summed E-state index contributed by atoms with van der Waals surface area (Å²) in [5.41, 5.74) is 2.10. The molecule has 3 rings (SSSR count). The van der Waals surface area contributed by atoms with Gasteiger partial charge in [0.1, 0.15) is 4.32 Å². The maximum Gasteiger partial charge on any atom is 0.266 e. The number of rotatable bonds is 7. The summed E-state index contributed by atoms with van der Waals surface area (Å²) in [5, 5.41) is 5.30. The van der Waals surface area contributed by atoms with Gasteiger partial charge in [0.05, 0.1) is 4.91 Å². The first-order valence-electron chi connectivity index (χ1n) is 7.88. The Hall–Kier alpha value is -1.89. The second kappa shape index (κ2) is 8.47. The molecule has 25 heavy (non-hydrogen) atoms. The number of carbonyl (C=O) groups excluding carboxylic acids is 1. The molecule has 1 aromatic carbocycles. The second-order valence-electron chi connectivity index (χ2n) is 5.54. The fourth-order valence-corrected chi connectivity index (χ4v) is 4.38. The standard InChI is InChI=1S/C19H18N2OS3/c1-14(20-13-15-6-3-2-4-7-15)9-10-21-18(22)17(25-19(21)23)12-16-8-5-11-24-16/h2-8,11-12,20H,1,9-10,13H2/b17-12+. The SMILES string of the molecule is C=C(CCN1C(=O)/C(=C\c2cccs2)SC1=S)NCc1ccccc1. The second-order valence-corrected chi connectivity index (χ2v) is 8.20. The van der Waals surface area contributed by atoms with Gasteiger partial charge in [0.2, 0.25) is 0 Å². The Morgan fingerprint density at radius 3 is 2.76 bits per heavy atom. The van der Waals surface area contributed by atoms with Crippen molar-refractivity contribution in [2.75, 3.05) is 6.54 Å². The largest absolute Gasteiger partial charge is 0.385 e. The highest BCUT2D eigenvalue weighted by Crippen LogP contribution is 2.33. The van der Waals surface area contributed by atoms with Gasteiger partial charge in [-0.1, -0.05) is 67.0 Å². The van der Waals surface area contributed by atoms with Crippen molar-refractivity contribution in [2.24, 2.45) is 0 Å². The van der Waals surface area contributed by atoms with Crippen molar-refractivity contribution in [3.63, 3.8) is 0 Å². The van der Waals surface area contributed by atoms with Gasteiger partial charge >= 0.3 is 0 Å². The van der Waals surface area contributed by atoms with Crippen LogP contribution in [0, 0.1) is 0 Å². The molecule has 0 atom stereocenters. The molecular formula is C19H18N2OS3. The summed E-state index contributed by atoms with van der Waals surface area (Å²) in [7, 11) is 0. The van der Waals surface area contributed by atoms with Gasteiger partial charge in [-0.25, -0.2) is 0 Å². The zero-order chi connectivity index (χ0) is 17.6. The Balaban J connectivity index is 1.51. The highest BCUT2D eigenvalue weighted by molar-refractivity contribution is 8.26. The molecular weight excluding hydrogens is 368 g/mol. The summed E-state index contributed by atoms with van der Waals surface area (Å²) >= 11 is 8.34. The van der Waals surface area contributed by atoms with Crippen LogP contribution in [0.3, 0.4) is 0 Å². The first-order chi connectivity index (χ1) is 12.1. The van der Waals surface area contributed by atoms with Crippen LogP contribution >= 0.6 is 35.3 Å². The molecule has 1 aromatic heterocycles. The topological polar surface area (TPSA) is 32.3 Å². The van der Waals surface area contributed by atoms with Crippen molar-refractivity contribution in [3.8, 4) is 0 Å². The first kappa shape index (κ1) is 17.9. The molecule has 0 aliphatic carbocycles. The molecule has 3 nitrogen and oxygen atoms in total. The summed E-state index contributed by atoms with van der Waals surface area (Å²) in [5.74, 6) is -0.0146.